The van der Waals surface area contributed by atoms with Crippen LogP contribution in [0.5, 0.6) is 5.75 Å². The number of hydrogen-bond donors (Lipinski definition) is 2. The van der Waals surface area contributed by atoms with Crippen LogP contribution in [0, 0.1) is 5.92 Å². The lowest BCUT2D eigenvalue weighted by molar-refractivity contribution is -0.128. The fourth-order valence-corrected chi connectivity index (χ4v) is 2.31. The molecule has 1 aromatic rings. The predicted octanol–water partition coefficient (Wildman–Crippen LogP) is 1.70. The van der Waals surface area contributed by atoms with Crippen LogP contribution in [0.15, 0.2) is 18.2 Å². The maximum absolute atomic E-state index is 11.7. The number of benzene rings is 1. The highest BCUT2D eigenvalue weighted by atomic mass is 35.5. The summed E-state index contributed by atoms with van der Waals surface area (Å²) in [6.45, 7) is 0.480. The molecule has 5 heteroatoms. The second-order valence-corrected chi connectivity index (χ2v) is 5.02. The summed E-state index contributed by atoms with van der Waals surface area (Å²) in [4.78, 5) is 11.7. The van der Waals surface area contributed by atoms with E-state index in [1.165, 1.54) is 0 Å². The molecular weight excluding hydrogens is 252 g/mol. The molecule has 98 valence electrons. The largest absolute Gasteiger partial charge is 0.495 e. The van der Waals surface area contributed by atoms with Crippen molar-refractivity contribution in [3.05, 3.63) is 28.8 Å². The summed E-state index contributed by atoms with van der Waals surface area (Å²) in [6, 6.07) is 5.67. The van der Waals surface area contributed by atoms with Crippen LogP contribution in [0.2, 0.25) is 5.02 Å². The van der Waals surface area contributed by atoms with Crippen molar-refractivity contribution < 1.29 is 9.53 Å². The summed E-state index contributed by atoms with van der Waals surface area (Å²) in [6.07, 6.45) is 1.57. The zero-order chi connectivity index (χ0) is 13.1. The molecule has 0 bridgehead atoms. The van der Waals surface area contributed by atoms with E-state index in [4.69, 9.17) is 22.1 Å². The fraction of sp³-hybridized carbons (Fsp3) is 0.462. The van der Waals surface area contributed by atoms with Gasteiger partial charge in [-0.2, -0.15) is 0 Å². The Kier molecular flexibility index (Phi) is 4.09. The van der Waals surface area contributed by atoms with E-state index in [2.05, 4.69) is 5.32 Å². The third-order valence-corrected chi connectivity index (χ3v) is 3.52. The number of halogens is 1. The molecule has 1 amide bonds. The number of methoxy groups -OCH3 is 1. The zero-order valence-electron chi connectivity index (χ0n) is 10.3. The van der Waals surface area contributed by atoms with Crippen LogP contribution in [0.1, 0.15) is 18.4 Å². The van der Waals surface area contributed by atoms with Gasteiger partial charge in [-0.1, -0.05) is 17.7 Å². The average molecular weight is 269 g/mol. The maximum Gasteiger partial charge on any atom is 0.223 e. The van der Waals surface area contributed by atoms with E-state index in [9.17, 15) is 4.79 Å². The molecule has 0 aromatic heterocycles. The number of amides is 1. The summed E-state index contributed by atoms with van der Waals surface area (Å²) < 4.78 is 5.07. The lowest BCUT2D eigenvalue weighted by Crippen LogP contribution is -2.44. The Balaban J connectivity index is 1.86. The molecule has 0 atom stereocenters. The van der Waals surface area contributed by atoms with Crippen LogP contribution in [-0.2, 0) is 11.3 Å². The first-order valence-electron chi connectivity index (χ1n) is 5.96. The van der Waals surface area contributed by atoms with Crippen LogP contribution in [0.25, 0.3) is 0 Å². The number of nitrogens with one attached hydrogen (secondary N) is 1. The van der Waals surface area contributed by atoms with E-state index in [1.54, 1.807) is 19.2 Å². The fourth-order valence-electron chi connectivity index (χ4n) is 2.03. The van der Waals surface area contributed by atoms with Gasteiger partial charge in [0, 0.05) is 18.5 Å². The van der Waals surface area contributed by atoms with Crippen molar-refractivity contribution in [2.75, 3.05) is 7.11 Å². The molecule has 1 saturated carbocycles. The molecule has 0 radical (unpaired) electrons. The third kappa shape index (κ3) is 2.94. The normalized spacial score (nSPS) is 22.2. The van der Waals surface area contributed by atoms with Crippen LogP contribution < -0.4 is 15.8 Å². The molecule has 1 fully saturated rings. The first kappa shape index (κ1) is 13.2. The van der Waals surface area contributed by atoms with Gasteiger partial charge >= 0.3 is 0 Å². The zero-order valence-corrected chi connectivity index (χ0v) is 11.0. The van der Waals surface area contributed by atoms with E-state index >= 15 is 0 Å². The Morgan fingerprint density at radius 1 is 1.56 bits per heavy atom. The topological polar surface area (TPSA) is 64.3 Å². The lowest BCUT2D eigenvalue weighted by atomic mass is 9.80. The van der Waals surface area contributed by atoms with Crippen LogP contribution in [-0.4, -0.2) is 19.1 Å². The highest BCUT2D eigenvalue weighted by molar-refractivity contribution is 6.32. The van der Waals surface area contributed by atoms with E-state index in [-0.39, 0.29) is 17.9 Å². The molecular formula is C13H17ClN2O2. The van der Waals surface area contributed by atoms with Crippen LogP contribution >= 0.6 is 11.6 Å². The van der Waals surface area contributed by atoms with Crippen molar-refractivity contribution in [2.24, 2.45) is 11.7 Å². The van der Waals surface area contributed by atoms with Crippen LogP contribution in [0.4, 0.5) is 0 Å². The standard InChI is InChI=1S/C13H17ClN2O2/c1-18-12-3-2-8(4-11(12)14)7-16-13(17)9-5-10(15)6-9/h2-4,9-10H,5-7,15H2,1H3,(H,16,17). The second kappa shape index (κ2) is 5.59. The molecule has 18 heavy (non-hydrogen) atoms. The van der Waals surface area contributed by atoms with Gasteiger partial charge < -0.3 is 15.8 Å². The van der Waals surface area contributed by atoms with Crippen molar-refractivity contribution in [1.82, 2.24) is 5.32 Å². The van der Waals surface area contributed by atoms with Crippen molar-refractivity contribution >= 4 is 17.5 Å². The van der Waals surface area contributed by atoms with Crippen molar-refractivity contribution in [2.45, 2.75) is 25.4 Å². The summed E-state index contributed by atoms with van der Waals surface area (Å²) in [5.74, 6) is 0.786. The Bertz CT molecular complexity index is 445. The van der Waals surface area contributed by atoms with Gasteiger partial charge in [-0.25, -0.2) is 0 Å². The van der Waals surface area contributed by atoms with Gasteiger partial charge in [0.05, 0.1) is 12.1 Å². The predicted molar refractivity (Wildman–Crippen MR) is 70.6 cm³/mol. The van der Waals surface area contributed by atoms with E-state index < -0.39 is 0 Å². The summed E-state index contributed by atoms with van der Waals surface area (Å²) in [7, 11) is 1.57. The van der Waals surface area contributed by atoms with Crippen LogP contribution in [0.3, 0.4) is 0 Å². The van der Waals surface area contributed by atoms with Crippen molar-refractivity contribution in [1.29, 1.82) is 0 Å². The van der Waals surface area contributed by atoms with Gasteiger partial charge in [0.2, 0.25) is 5.91 Å². The monoisotopic (exact) mass is 268 g/mol. The van der Waals surface area contributed by atoms with Gasteiger partial charge in [-0.15, -0.1) is 0 Å². The molecule has 1 aliphatic rings. The first-order valence-corrected chi connectivity index (χ1v) is 6.33. The van der Waals surface area contributed by atoms with Gasteiger partial charge in [0.15, 0.2) is 0 Å². The molecule has 0 spiro atoms. The molecule has 1 aliphatic carbocycles. The SMILES string of the molecule is COc1ccc(CNC(=O)C2CC(N)C2)cc1Cl. The molecule has 0 aliphatic heterocycles. The Labute approximate surface area is 111 Å². The summed E-state index contributed by atoms with van der Waals surface area (Å²) in [5.41, 5.74) is 6.61. The molecule has 1 aromatic carbocycles. The second-order valence-electron chi connectivity index (χ2n) is 4.62. The highest BCUT2D eigenvalue weighted by Gasteiger charge is 2.31. The minimum atomic E-state index is 0.0728. The van der Waals surface area contributed by atoms with Gasteiger partial charge in [0.1, 0.15) is 5.75 Å². The first-order chi connectivity index (χ1) is 8.60. The maximum atomic E-state index is 11.7. The minimum Gasteiger partial charge on any atom is -0.495 e. The average Bonchev–Trinajstić information content (AvgIpc) is 2.32. The molecule has 4 nitrogen and oxygen atoms in total. The van der Waals surface area contributed by atoms with E-state index in [0.29, 0.717) is 17.3 Å². The van der Waals surface area contributed by atoms with E-state index in [1.807, 2.05) is 6.07 Å². The molecule has 2 rings (SSSR count). The lowest BCUT2D eigenvalue weighted by Gasteiger charge is -2.31. The minimum absolute atomic E-state index is 0.0728. The summed E-state index contributed by atoms with van der Waals surface area (Å²) in [5, 5.41) is 3.44. The summed E-state index contributed by atoms with van der Waals surface area (Å²) >= 11 is 6.01. The number of carbonyl (C=O) groups excluding carboxylic acids is 1. The van der Waals surface area contributed by atoms with Gasteiger partial charge in [-0.05, 0) is 30.5 Å². The van der Waals surface area contributed by atoms with Crippen molar-refractivity contribution in [3.63, 3.8) is 0 Å². The smallest absolute Gasteiger partial charge is 0.223 e. The number of nitrogens with two attached hydrogens (primary N) is 1. The number of hydrogen-bond acceptors (Lipinski definition) is 3. The number of ether oxygens (including phenoxy) is 1. The molecule has 0 saturated heterocycles. The Morgan fingerprint density at radius 2 is 2.28 bits per heavy atom. The number of rotatable bonds is 4. The van der Waals surface area contributed by atoms with Crippen molar-refractivity contribution in [3.8, 4) is 5.75 Å². The highest BCUT2D eigenvalue weighted by Crippen LogP contribution is 2.26. The molecule has 3 N–H and O–H groups in total. The Morgan fingerprint density at radius 3 is 2.83 bits per heavy atom. The molecule has 0 heterocycles. The quantitative estimate of drug-likeness (QED) is 0.874. The number of carbonyl (C=O) groups is 1. The van der Waals surface area contributed by atoms with E-state index in [0.717, 1.165) is 18.4 Å². The Hall–Kier alpha value is -1.26. The third-order valence-electron chi connectivity index (χ3n) is 3.23. The van der Waals surface area contributed by atoms with Gasteiger partial charge in [-0.3, -0.25) is 4.79 Å². The van der Waals surface area contributed by atoms with Gasteiger partial charge in [0.25, 0.3) is 0 Å². The molecule has 0 unspecified atom stereocenters.